The second-order valence-electron chi connectivity index (χ2n) is 4.09. The van der Waals surface area contributed by atoms with Crippen molar-refractivity contribution in [2.24, 2.45) is 0 Å². The van der Waals surface area contributed by atoms with Crippen LogP contribution in [0.4, 0.5) is 5.82 Å². The Morgan fingerprint density at radius 2 is 2.00 bits per heavy atom. The van der Waals surface area contributed by atoms with Crippen molar-refractivity contribution in [1.82, 2.24) is 15.2 Å². The minimum absolute atomic E-state index is 0.149. The SMILES string of the molecule is CC1CCCCCN1c1nc(Cl)nnc1Cl. The number of hydrogen-bond acceptors (Lipinski definition) is 4. The standard InChI is InChI=1S/C10H14Cl2N4/c1-7-5-3-2-4-6-16(7)9-8(11)14-15-10(12)13-9/h7H,2-6H2,1H3. The average Bonchev–Trinajstić information content (AvgIpc) is 2.47. The van der Waals surface area contributed by atoms with Crippen molar-refractivity contribution < 1.29 is 0 Å². The van der Waals surface area contributed by atoms with E-state index < -0.39 is 0 Å². The van der Waals surface area contributed by atoms with Crippen LogP contribution in [0.15, 0.2) is 0 Å². The molecule has 0 bridgehead atoms. The molecule has 1 fully saturated rings. The third-order valence-electron chi connectivity index (χ3n) is 2.93. The molecule has 16 heavy (non-hydrogen) atoms. The Bertz CT molecular complexity index is 372. The molecular formula is C10H14Cl2N4. The van der Waals surface area contributed by atoms with Crippen LogP contribution in [0.25, 0.3) is 0 Å². The van der Waals surface area contributed by atoms with E-state index in [1.165, 1.54) is 12.8 Å². The van der Waals surface area contributed by atoms with Crippen molar-refractivity contribution >= 4 is 29.0 Å². The van der Waals surface area contributed by atoms with Gasteiger partial charge in [-0.2, -0.15) is 4.98 Å². The van der Waals surface area contributed by atoms with Crippen LogP contribution in [0.3, 0.4) is 0 Å². The molecular weight excluding hydrogens is 247 g/mol. The van der Waals surface area contributed by atoms with Gasteiger partial charge in [-0.05, 0) is 31.4 Å². The van der Waals surface area contributed by atoms with E-state index in [4.69, 9.17) is 23.2 Å². The van der Waals surface area contributed by atoms with E-state index in [-0.39, 0.29) is 5.28 Å². The lowest BCUT2D eigenvalue weighted by atomic mass is 10.1. The Balaban J connectivity index is 2.29. The van der Waals surface area contributed by atoms with E-state index in [2.05, 4.69) is 27.0 Å². The molecule has 0 N–H and O–H groups in total. The van der Waals surface area contributed by atoms with Gasteiger partial charge in [0.15, 0.2) is 11.0 Å². The van der Waals surface area contributed by atoms with Crippen LogP contribution in [0, 0.1) is 0 Å². The molecule has 1 aliphatic rings. The van der Waals surface area contributed by atoms with Gasteiger partial charge in [0, 0.05) is 12.6 Å². The zero-order valence-electron chi connectivity index (χ0n) is 9.16. The molecule has 2 heterocycles. The van der Waals surface area contributed by atoms with Gasteiger partial charge in [-0.25, -0.2) is 0 Å². The molecule has 0 amide bonds. The summed E-state index contributed by atoms with van der Waals surface area (Å²) in [6, 6.07) is 0.424. The molecule has 88 valence electrons. The molecule has 1 unspecified atom stereocenters. The highest BCUT2D eigenvalue weighted by atomic mass is 35.5. The van der Waals surface area contributed by atoms with E-state index in [0.717, 1.165) is 19.4 Å². The molecule has 0 saturated carbocycles. The minimum Gasteiger partial charge on any atom is -0.351 e. The van der Waals surface area contributed by atoms with E-state index in [1.807, 2.05) is 0 Å². The van der Waals surface area contributed by atoms with Crippen molar-refractivity contribution in [1.29, 1.82) is 0 Å². The van der Waals surface area contributed by atoms with E-state index in [9.17, 15) is 0 Å². The Kier molecular flexibility index (Phi) is 3.82. The maximum Gasteiger partial charge on any atom is 0.245 e. The predicted molar refractivity (Wildman–Crippen MR) is 65.1 cm³/mol. The minimum atomic E-state index is 0.149. The van der Waals surface area contributed by atoms with Crippen LogP contribution in [-0.4, -0.2) is 27.8 Å². The van der Waals surface area contributed by atoms with Crippen molar-refractivity contribution in [2.75, 3.05) is 11.4 Å². The first-order valence-electron chi connectivity index (χ1n) is 5.51. The molecule has 0 aliphatic carbocycles. The third-order valence-corrected chi connectivity index (χ3v) is 3.33. The largest absolute Gasteiger partial charge is 0.351 e. The fourth-order valence-electron chi connectivity index (χ4n) is 2.06. The Hall–Kier alpha value is -0.610. The van der Waals surface area contributed by atoms with Gasteiger partial charge in [0.25, 0.3) is 0 Å². The van der Waals surface area contributed by atoms with E-state index >= 15 is 0 Å². The summed E-state index contributed by atoms with van der Waals surface area (Å²) in [6.07, 6.45) is 4.81. The summed E-state index contributed by atoms with van der Waals surface area (Å²) in [5.41, 5.74) is 0. The van der Waals surface area contributed by atoms with Crippen molar-refractivity contribution in [3.8, 4) is 0 Å². The lowest BCUT2D eigenvalue weighted by Gasteiger charge is -2.28. The van der Waals surface area contributed by atoms with Crippen molar-refractivity contribution in [3.05, 3.63) is 10.4 Å². The highest BCUT2D eigenvalue weighted by Crippen LogP contribution is 2.27. The van der Waals surface area contributed by atoms with Gasteiger partial charge in [-0.3, -0.25) is 0 Å². The van der Waals surface area contributed by atoms with Crippen LogP contribution in [0.2, 0.25) is 10.4 Å². The third kappa shape index (κ3) is 2.55. The summed E-state index contributed by atoms with van der Waals surface area (Å²) in [7, 11) is 0. The van der Waals surface area contributed by atoms with Gasteiger partial charge in [0.2, 0.25) is 5.28 Å². The van der Waals surface area contributed by atoms with Crippen LogP contribution >= 0.6 is 23.2 Å². The second kappa shape index (κ2) is 5.15. The Morgan fingerprint density at radius 1 is 1.19 bits per heavy atom. The predicted octanol–water partition coefficient (Wildman–Crippen LogP) is 2.95. The number of anilines is 1. The number of aromatic nitrogens is 3. The van der Waals surface area contributed by atoms with E-state index in [1.54, 1.807) is 0 Å². The van der Waals surface area contributed by atoms with Gasteiger partial charge >= 0.3 is 0 Å². The first-order valence-corrected chi connectivity index (χ1v) is 6.26. The molecule has 0 radical (unpaired) electrons. The fourth-order valence-corrected chi connectivity index (χ4v) is 2.36. The smallest absolute Gasteiger partial charge is 0.245 e. The molecule has 1 saturated heterocycles. The molecule has 0 spiro atoms. The Morgan fingerprint density at radius 3 is 2.81 bits per heavy atom. The summed E-state index contributed by atoms with van der Waals surface area (Å²) >= 11 is 11.8. The molecule has 1 aromatic rings. The van der Waals surface area contributed by atoms with Gasteiger partial charge in [0.1, 0.15) is 0 Å². The lowest BCUT2D eigenvalue weighted by molar-refractivity contribution is 0.609. The number of hydrogen-bond donors (Lipinski definition) is 0. The highest BCUT2D eigenvalue weighted by Gasteiger charge is 2.21. The quantitative estimate of drug-likeness (QED) is 0.779. The normalized spacial score (nSPS) is 21.9. The average molecular weight is 261 g/mol. The van der Waals surface area contributed by atoms with Crippen LogP contribution in [0.5, 0.6) is 0 Å². The fraction of sp³-hybridized carbons (Fsp3) is 0.700. The molecule has 0 aromatic carbocycles. The van der Waals surface area contributed by atoms with Crippen molar-refractivity contribution in [2.45, 2.75) is 38.6 Å². The maximum absolute atomic E-state index is 6.01. The summed E-state index contributed by atoms with van der Waals surface area (Å²) in [6.45, 7) is 3.13. The highest BCUT2D eigenvalue weighted by molar-refractivity contribution is 6.32. The van der Waals surface area contributed by atoms with Gasteiger partial charge in [-0.15, -0.1) is 10.2 Å². The zero-order valence-corrected chi connectivity index (χ0v) is 10.7. The summed E-state index contributed by atoms with van der Waals surface area (Å²) in [5, 5.41) is 7.91. The molecule has 6 heteroatoms. The second-order valence-corrected chi connectivity index (χ2v) is 4.78. The van der Waals surface area contributed by atoms with Crippen LogP contribution < -0.4 is 4.90 Å². The number of nitrogens with zero attached hydrogens (tertiary/aromatic N) is 4. The molecule has 4 nitrogen and oxygen atoms in total. The van der Waals surface area contributed by atoms with Gasteiger partial charge < -0.3 is 4.90 Å². The lowest BCUT2D eigenvalue weighted by Crippen LogP contribution is -2.33. The molecule has 2 rings (SSSR count). The number of rotatable bonds is 1. The Labute approximate surface area is 105 Å². The summed E-state index contributed by atoms with van der Waals surface area (Å²) in [5.74, 6) is 0.663. The first kappa shape index (κ1) is 11.9. The number of halogens is 2. The topological polar surface area (TPSA) is 41.9 Å². The van der Waals surface area contributed by atoms with Crippen molar-refractivity contribution in [3.63, 3.8) is 0 Å². The summed E-state index contributed by atoms with van der Waals surface area (Å²) in [4.78, 5) is 6.35. The van der Waals surface area contributed by atoms with E-state index in [0.29, 0.717) is 17.0 Å². The summed E-state index contributed by atoms with van der Waals surface area (Å²) < 4.78 is 0. The van der Waals surface area contributed by atoms with Gasteiger partial charge in [-0.1, -0.05) is 24.4 Å². The van der Waals surface area contributed by atoms with Crippen LogP contribution in [0.1, 0.15) is 32.6 Å². The van der Waals surface area contributed by atoms with Gasteiger partial charge in [0.05, 0.1) is 0 Å². The molecule has 1 atom stereocenters. The molecule has 1 aliphatic heterocycles. The monoisotopic (exact) mass is 260 g/mol. The first-order chi connectivity index (χ1) is 7.68. The maximum atomic E-state index is 6.01. The van der Waals surface area contributed by atoms with Crippen LogP contribution in [-0.2, 0) is 0 Å². The molecule has 1 aromatic heterocycles. The zero-order chi connectivity index (χ0) is 11.5.